The van der Waals surface area contributed by atoms with E-state index in [1.165, 1.54) is 25.0 Å². The van der Waals surface area contributed by atoms with Gasteiger partial charge in [0.1, 0.15) is 11.6 Å². The third-order valence-corrected chi connectivity index (χ3v) is 5.41. The summed E-state index contributed by atoms with van der Waals surface area (Å²) in [7, 11) is 0. The predicted molar refractivity (Wildman–Crippen MR) is 107 cm³/mol. The molecule has 1 aliphatic carbocycles. The molecule has 0 spiro atoms. The number of hydrogen-bond acceptors (Lipinski definition) is 5. The van der Waals surface area contributed by atoms with Gasteiger partial charge in [0, 0.05) is 12.1 Å². The van der Waals surface area contributed by atoms with Gasteiger partial charge in [0.25, 0.3) is 0 Å². The number of morpholine rings is 1. The van der Waals surface area contributed by atoms with E-state index >= 15 is 0 Å². The molecule has 0 bridgehead atoms. The highest BCUT2D eigenvalue weighted by atomic mass is 19.1. The first-order valence-corrected chi connectivity index (χ1v) is 10.5. The second kappa shape index (κ2) is 9.35. The minimum absolute atomic E-state index is 0.0166. The number of ether oxygens (including phenoxy) is 2. The molecular formula is C22H34F2N2O3. The van der Waals surface area contributed by atoms with Gasteiger partial charge in [-0.3, -0.25) is 0 Å². The lowest BCUT2D eigenvalue weighted by Gasteiger charge is -2.41. The summed E-state index contributed by atoms with van der Waals surface area (Å²) in [6.07, 6.45) is 2.26. The van der Waals surface area contributed by atoms with Crippen LogP contribution in [0, 0.1) is 23.0 Å². The molecule has 5 nitrogen and oxygen atoms in total. The van der Waals surface area contributed by atoms with Crippen LogP contribution < -0.4 is 11.1 Å². The van der Waals surface area contributed by atoms with Crippen LogP contribution in [-0.4, -0.2) is 48.8 Å². The standard InChI is InChI=1S/C22H34F2N2O3/c1-22(2,3)12-29-21-18(9-13-4-5-13)26-19(11-28-21)20(27)17(25)8-14-6-15(23)10-16(24)7-14/h6-7,10,13,17-21,26-27H,4-5,8-9,11-12,25H2,1-3H3/t17-,18?,19+,20-,21-/m0/s1. The van der Waals surface area contributed by atoms with Crippen LogP contribution in [0.4, 0.5) is 8.78 Å². The van der Waals surface area contributed by atoms with Gasteiger partial charge in [0.15, 0.2) is 6.29 Å². The number of nitrogens with two attached hydrogens (primary N) is 1. The fourth-order valence-electron chi connectivity index (χ4n) is 3.72. The first kappa shape index (κ1) is 22.6. The molecule has 1 aliphatic heterocycles. The van der Waals surface area contributed by atoms with Crippen molar-refractivity contribution in [3.05, 3.63) is 35.4 Å². The van der Waals surface area contributed by atoms with E-state index in [4.69, 9.17) is 15.2 Å². The van der Waals surface area contributed by atoms with Crippen molar-refractivity contribution in [3.8, 4) is 0 Å². The molecule has 1 aromatic rings. The van der Waals surface area contributed by atoms with E-state index in [1.807, 2.05) is 0 Å². The topological polar surface area (TPSA) is 76.7 Å². The predicted octanol–water partition coefficient (Wildman–Crippen LogP) is 2.74. The van der Waals surface area contributed by atoms with Crippen molar-refractivity contribution in [1.82, 2.24) is 5.32 Å². The van der Waals surface area contributed by atoms with Crippen molar-refractivity contribution in [2.24, 2.45) is 17.1 Å². The van der Waals surface area contributed by atoms with E-state index < -0.39 is 23.8 Å². The highest BCUT2D eigenvalue weighted by Crippen LogP contribution is 2.35. The zero-order valence-electron chi connectivity index (χ0n) is 17.5. The van der Waals surface area contributed by atoms with Crippen LogP contribution in [0.1, 0.15) is 45.6 Å². The molecule has 1 heterocycles. The number of rotatable bonds is 8. The number of hydrogen-bond donors (Lipinski definition) is 3. The van der Waals surface area contributed by atoms with E-state index in [1.54, 1.807) is 0 Å². The summed E-state index contributed by atoms with van der Waals surface area (Å²) < 4.78 is 38.8. The first-order chi connectivity index (χ1) is 13.6. The Kier molecular flexibility index (Phi) is 7.27. The minimum atomic E-state index is -0.911. The second-order valence-electron chi connectivity index (χ2n) is 9.77. The van der Waals surface area contributed by atoms with Crippen molar-refractivity contribution in [3.63, 3.8) is 0 Å². The molecule has 2 fully saturated rings. The van der Waals surface area contributed by atoms with Crippen LogP contribution in [0.25, 0.3) is 0 Å². The van der Waals surface area contributed by atoms with Crippen LogP contribution in [-0.2, 0) is 15.9 Å². The lowest BCUT2D eigenvalue weighted by atomic mass is 9.95. The van der Waals surface area contributed by atoms with Gasteiger partial charge >= 0.3 is 0 Å². The fourth-order valence-corrected chi connectivity index (χ4v) is 3.72. The third kappa shape index (κ3) is 6.96. The summed E-state index contributed by atoms with van der Waals surface area (Å²) in [6, 6.07) is 2.26. The Morgan fingerprint density at radius 1 is 1.24 bits per heavy atom. The minimum Gasteiger partial charge on any atom is -0.390 e. The van der Waals surface area contributed by atoms with E-state index in [-0.39, 0.29) is 36.8 Å². The summed E-state index contributed by atoms with van der Waals surface area (Å²) in [5, 5.41) is 14.2. The van der Waals surface area contributed by atoms with Gasteiger partial charge in [0.05, 0.1) is 31.4 Å². The molecule has 2 aliphatic rings. The molecule has 1 unspecified atom stereocenters. The van der Waals surface area contributed by atoms with Crippen LogP contribution in [0.15, 0.2) is 18.2 Å². The molecule has 1 aromatic carbocycles. The maximum atomic E-state index is 13.4. The molecule has 4 N–H and O–H groups in total. The molecule has 1 saturated heterocycles. The Hall–Kier alpha value is -1.12. The molecule has 0 amide bonds. The first-order valence-electron chi connectivity index (χ1n) is 10.5. The molecule has 0 radical (unpaired) electrons. The summed E-state index contributed by atoms with van der Waals surface area (Å²) in [5.41, 5.74) is 6.63. The van der Waals surface area contributed by atoms with Crippen LogP contribution in [0.3, 0.4) is 0 Å². The van der Waals surface area contributed by atoms with Crippen molar-refractivity contribution in [2.45, 2.75) is 77.0 Å². The van der Waals surface area contributed by atoms with Gasteiger partial charge in [-0.25, -0.2) is 8.78 Å². The van der Waals surface area contributed by atoms with E-state index in [9.17, 15) is 13.9 Å². The van der Waals surface area contributed by atoms with Gasteiger partial charge in [-0.2, -0.15) is 0 Å². The van der Waals surface area contributed by atoms with Gasteiger partial charge in [0.2, 0.25) is 0 Å². The van der Waals surface area contributed by atoms with E-state index in [0.29, 0.717) is 18.1 Å². The quantitative estimate of drug-likeness (QED) is 0.612. The summed E-state index contributed by atoms with van der Waals surface area (Å²) in [6.45, 7) is 7.18. The molecule has 29 heavy (non-hydrogen) atoms. The molecule has 0 aromatic heterocycles. The van der Waals surface area contributed by atoms with Crippen molar-refractivity contribution in [2.75, 3.05) is 13.2 Å². The van der Waals surface area contributed by atoms with Crippen LogP contribution in [0.5, 0.6) is 0 Å². The van der Waals surface area contributed by atoms with Crippen molar-refractivity contribution in [1.29, 1.82) is 0 Å². The summed E-state index contributed by atoms with van der Waals surface area (Å²) in [4.78, 5) is 0. The average molecular weight is 413 g/mol. The van der Waals surface area contributed by atoms with Gasteiger partial charge in [-0.05, 0) is 41.9 Å². The monoisotopic (exact) mass is 412 g/mol. The summed E-state index contributed by atoms with van der Waals surface area (Å²) >= 11 is 0. The zero-order valence-corrected chi connectivity index (χ0v) is 17.5. The Morgan fingerprint density at radius 3 is 2.48 bits per heavy atom. The molecule has 1 saturated carbocycles. The number of nitrogens with one attached hydrogen (secondary N) is 1. The lowest BCUT2D eigenvalue weighted by Crippen LogP contribution is -2.62. The fraction of sp³-hybridized carbons (Fsp3) is 0.727. The van der Waals surface area contributed by atoms with E-state index in [0.717, 1.165) is 12.5 Å². The maximum Gasteiger partial charge on any atom is 0.172 e. The SMILES string of the molecule is CC(C)(C)CO[C@@H]1OC[C@H]([C@@H](O)[C@@H](N)Cc2cc(F)cc(F)c2)NC1CC1CC1. The normalized spacial score (nSPS) is 27.6. The van der Waals surface area contributed by atoms with Gasteiger partial charge in [-0.1, -0.05) is 33.6 Å². The average Bonchev–Trinajstić information content (AvgIpc) is 3.42. The Morgan fingerprint density at radius 2 is 1.90 bits per heavy atom. The highest BCUT2D eigenvalue weighted by molar-refractivity contribution is 5.19. The molecule has 7 heteroatoms. The molecular weight excluding hydrogens is 378 g/mol. The van der Waals surface area contributed by atoms with Crippen LogP contribution in [0.2, 0.25) is 0 Å². The number of aliphatic hydroxyl groups is 1. The molecule has 3 rings (SSSR count). The number of benzene rings is 1. The second-order valence-corrected chi connectivity index (χ2v) is 9.77. The number of aliphatic hydroxyl groups excluding tert-OH is 1. The largest absolute Gasteiger partial charge is 0.390 e. The smallest absolute Gasteiger partial charge is 0.172 e. The lowest BCUT2D eigenvalue weighted by molar-refractivity contribution is -0.205. The van der Waals surface area contributed by atoms with Crippen LogP contribution >= 0.6 is 0 Å². The zero-order chi connectivity index (χ0) is 21.2. The summed E-state index contributed by atoms with van der Waals surface area (Å²) in [5.74, 6) is -0.634. The van der Waals surface area contributed by atoms with Crippen molar-refractivity contribution >= 4 is 0 Å². The van der Waals surface area contributed by atoms with Gasteiger partial charge in [-0.15, -0.1) is 0 Å². The van der Waals surface area contributed by atoms with E-state index in [2.05, 4.69) is 26.1 Å². The molecule has 5 atom stereocenters. The molecule has 164 valence electrons. The Bertz CT molecular complexity index is 658. The Balaban J connectivity index is 1.59. The third-order valence-electron chi connectivity index (χ3n) is 5.41. The Labute approximate surface area is 172 Å². The van der Waals surface area contributed by atoms with Crippen molar-refractivity contribution < 1.29 is 23.4 Å². The van der Waals surface area contributed by atoms with Gasteiger partial charge < -0.3 is 25.6 Å². The highest BCUT2D eigenvalue weighted by Gasteiger charge is 2.39. The maximum absolute atomic E-state index is 13.4. The number of halogens is 2.